The Balaban J connectivity index is 1.41. The summed E-state index contributed by atoms with van der Waals surface area (Å²) in [5.74, 6) is 1.29. The maximum absolute atomic E-state index is 13.5. The molecule has 3 heterocycles. The molecule has 0 unspecified atom stereocenters. The van der Waals surface area contributed by atoms with Gasteiger partial charge in [0.05, 0.1) is 30.6 Å². The van der Waals surface area contributed by atoms with Gasteiger partial charge < -0.3 is 9.26 Å². The van der Waals surface area contributed by atoms with E-state index in [1.807, 2.05) is 0 Å². The number of ether oxygens (including phenoxy) is 1. The monoisotopic (exact) mass is 519 g/mol. The minimum Gasteiger partial charge on any atom is -0.497 e. The SMILES string of the molecule is COc1ccc(-c2nc3cnn(Cc4cc(-c5ccc(C(F)(F)F)cc5C(F)(F)F)no4)cc-3n2)cc1. The number of hydrogen-bond acceptors (Lipinski definition) is 6. The van der Waals surface area contributed by atoms with E-state index in [0.29, 0.717) is 29.0 Å². The summed E-state index contributed by atoms with van der Waals surface area (Å²) in [4.78, 5) is 8.92. The van der Waals surface area contributed by atoms with E-state index in [4.69, 9.17) is 9.26 Å². The van der Waals surface area contributed by atoms with Crippen molar-refractivity contribution in [3.05, 3.63) is 77.8 Å². The molecule has 7 nitrogen and oxygen atoms in total. The molecular weight excluding hydrogens is 504 g/mol. The van der Waals surface area contributed by atoms with E-state index in [9.17, 15) is 26.3 Å². The summed E-state index contributed by atoms with van der Waals surface area (Å²) >= 11 is 0. The van der Waals surface area contributed by atoms with Gasteiger partial charge in [-0.05, 0) is 36.4 Å². The zero-order valence-corrected chi connectivity index (χ0v) is 18.8. The van der Waals surface area contributed by atoms with Crippen molar-refractivity contribution in [1.29, 1.82) is 0 Å². The molecule has 0 spiro atoms. The second-order valence-electron chi connectivity index (χ2n) is 7.95. The second-order valence-corrected chi connectivity index (χ2v) is 7.95. The third kappa shape index (κ3) is 4.97. The number of nitrogens with zero attached hydrogens (tertiary/aromatic N) is 5. The van der Waals surface area contributed by atoms with Gasteiger partial charge in [0.1, 0.15) is 29.4 Å². The molecular formula is C24H15F6N5O2. The van der Waals surface area contributed by atoms with E-state index in [-0.39, 0.29) is 24.1 Å². The summed E-state index contributed by atoms with van der Waals surface area (Å²) < 4.78 is 91.1. The third-order valence-corrected chi connectivity index (χ3v) is 5.47. The van der Waals surface area contributed by atoms with Crippen LogP contribution in [0.3, 0.4) is 0 Å². The summed E-state index contributed by atoms with van der Waals surface area (Å²) in [5, 5.41) is 7.85. The van der Waals surface area contributed by atoms with Crippen LogP contribution in [0.15, 0.2) is 65.4 Å². The zero-order chi connectivity index (χ0) is 26.4. The maximum Gasteiger partial charge on any atom is 0.417 e. The normalized spacial score (nSPS) is 12.3. The highest BCUT2D eigenvalue weighted by Gasteiger charge is 2.39. The van der Waals surface area contributed by atoms with Gasteiger partial charge in [-0.1, -0.05) is 11.2 Å². The van der Waals surface area contributed by atoms with Gasteiger partial charge in [0.25, 0.3) is 0 Å². The molecule has 13 heteroatoms. The molecule has 0 N–H and O–H groups in total. The van der Waals surface area contributed by atoms with Crippen LogP contribution in [0.5, 0.6) is 5.75 Å². The molecule has 190 valence electrons. The Bertz CT molecular complexity index is 1520. The first-order valence-corrected chi connectivity index (χ1v) is 10.6. The lowest BCUT2D eigenvalue weighted by Gasteiger charge is -2.14. The number of halogens is 6. The number of benzene rings is 2. The van der Waals surface area contributed by atoms with Crippen LogP contribution in [0, 0.1) is 0 Å². The van der Waals surface area contributed by atoms with E-state index in [1.165, 1.54) is 16.9 Å². The van der Waals surface area contributed by atoms with Crippen molar-refractivity contribution in [3.8, 4) is 39.8 Å². The van der Waals surface area contributed by atoms with Crippen LogP contribution in [-0.4, -0.2) is 32.0 Å². The van der Waals surface area contributed by atoms with Gasteiger partial charge in [0, 0.05) is 17.2 Å². The predicted molar refractivity (Wildman–Crippen MR) is 117 cm³/mol. The van der Waals surface area contributed by atoms with Crippen LogP contribution in [0.2, 0.25) is 0 Å². The Kier molecular flexibility index (Phi) is 5.85. The molecule has 1 aromatic heterocycles. The largest absolute Gasteiger partial charge is 0.497 e. The quantitative estimate of drug-likeness (QED) is 0.258. The van der Waals surface area contributed by atoms with Crippen LogP contribution < -0.4 is 4.74 Å². The van der Waals surface area contributed by atoms with E-state index in [0.717, 1.165) is 11.6 Å². The molecule has 2 aliphatic rings. The number of fused-ring (bicyclic) bond motifs is 1. The molecule has 0 radical (unpaired) electrons. The molecule has 0 saturated heterocycles. The average molecular weight is 519 g/mol. The molecule has 2 aliphatic heterocycles. The van der Waals surface area contributed by atoms with Crippen molar-refractivity contribution in [2.45, 2.75) is 18.9 Å². The number of imidazole rings is 1. The first kappa shape index (κ1) is 24.3. The first-order chi connectivity index (χ1) is 17.5. The standard InChI is InChI=1S/C24H15F6N5O2/c1-36-15-5-2-13(3-6-15)22-32-20-10-31-35(12-21(20)33-22)11-16-9-19(34-37-16)17-7-4-14(23(25,26)27)8-18(17)24(28,29)30/h2-10,12H,11H2,1H3. The van der Waals surface area contributed by atoms with Gasteiger partial charge in [-0.3, -0.25) is 4.68 Å². The van der Waals surface area contributed by atoms with E-state index < -0.39 is 29.0 Å². The summed E-state index contributed by atoms with van der Waals surface area (Å²) in [6, 6.07) is 9.73. The fraction of sp³-hybridized carbons (Fsp3) is 0.167. The van der Waals surface area contributed by atoms with Gasteiger partial charge in [-0.15, -0.1) is 0 Å². The van der Waals surface area contributed by atoms with E-state index >= 15 is 0 Å². The lowest BCUT2D eigenvalue weighted by molar-refractivity contribution is -0.142. The lowest BCUT2D eigenvalue weighted by Crippen LogP contribution is -2.12. The number of methoxy groups -OCH3 is 1. The summed E-state index contributed by atoms with van der Waals surface area (Å²) in [6.45, 7) is -0.0182. The summed E-state index contributed by atoms with van der Waals surface area (Å²) in [6.07, 6.45) is -6.90. The minimum atomic E-state index is -5.03. The van der Waals surface area contributed by atoms with Crippen LogP contribution >= 0.6 is 0 Å². The highest BCUT2D eigenvalue weighted by Crippen LogP contribution is 2.40. The molecule has 0 saturated carbocycles. The zero-order valence-electron chi connectivity index (χ0n) is 18.8. The molecule has 0 aliphatic carbocycles. The molecule has 2 aromatic carbocycles. The number of alkyl halides is 6. The molecule has 3 aromatic rings. The number of aromatic nitrogens is 5. The van der Waals surface area contributed by atoms with E-state index in [1.54, 1.807) is 37.6 Å². The molecule has 5 rings (SSSR count). The molecule has 0 bridgehead atoms. The second kappa shape index (κ2) is 8.91. The fourth-order valence-electron chi connectivity index (χ4n) is 3.67. The Morgan fingerprint density at radius 3 is 2.27 bits per heavy atom. The average Bonchev–Trinajstić information content (AvgIpc) is 3.49. The van der Waals surface area contributed by atoms with Crippen molar-refractivity contribution in [2.24, 2.45) is 0 Å². The fourth-order valence-corrected chi connectivity index (χ4v) is 3.67. The van der Waals surface area contributed by atoms with Crippen molar-refractivity contribution in [1.82, 2.24) is 24.9 Å². The summed E-state index contributed by atoms with van der Waals surface area (Å²) in [5.41, 5.74) is -1.86. The topological polar surface area (TPSA) is 78.9 Å². The van der Waals surface area contributed by atoms with Crippen LogP contribution in [0.4, 0.5) is 26.3 Å². The molecule has 0 fully saturated rings. The predicted octanol–water partition coefficient (Wildman–Crippen LogP) is 6.19. The van der Waals surface area contributed by atoms with Crippen molar-refractivity contribution in [2.75, 3.05) is 7.11 Å². The maximum atomic E-state index is 13.5. The van der Waals surface area contributed by atoms with Crippen molar-refractivity contribution >= 4 is 0 Å². The van der Waals surface area contributed by atoms with Crippen molar-refractivity contribution < 1.29 is 35.6 Å². The van der Waals surface area contributed by atoms with E-state index in [2.05, 4.69) is 20.2 Å². The minimum absolute atomic E-state index is 0.0182. The molecule has 0 atom stereocenters. The Hall–Kier alpha value is -4.42. The smallest absolute Gasteiger partial charge is 0.417 e. The van der Waals surface area contributed by atoms with Crippen LogP contribution in [-0.2, 0) is 18.9 Å². The van der Waals surface area contributed by atoms with Gasteiger partial charge in [0.15, 0.2) is 11.6 Å². The van der Waals surface area contributed by atoms with Crippen LogP contribution in [0.25, 0.3) is 34.0 Å². The van der Waals surface area contributed by atoms with Crippen LogP contribution in [0.1, 0.15) is 16.9 Å². The Labute approximate surface area is 204 Å². The molecule has 0 amide bonds. The lowest BCUT2D eigenvalue weighted by atomic mass is 10.0. The third-order valence-electron chi connectivity index (χ3n) is 5.47. The van der Waals surface area contributed by atoms with Gasteiger partial charge in [-0.25, -0.2) is 9.97 Å². The Morgan fingerprint density at radius 1 is 0.865 bits per heavy atom. The highest BCUT2D eigenvalue weighted by molar-refractivity contribution is 5.66. The van der Waals surface area contributed by atoms with Crippen molar-refractivity contribution in [3.63, 3.8) is 0 Å². The number of hydrogen-bond donors (Lipinski definition) is 0. The van der Waals surface area contributed by atoms with Gasteiger partial charge in [-0.2, -0.15) is 31.4 Å². The summed E-state index contributed by atoms with van der Waals surface area (Å²) in [7, 11) is 1.56. The highest BCUT2D eigenvalue weighted by atomic mass is 19.4. The van der Waals surface area contributed by atoms with Gasteiger partial charge >= 0.3 is 12.4 Å². The number of rotatable bonds is 5. The first-order valence-electron chi connectivity index (χ1n) is 10.6. The van der Waals surface area contributed by atoms with Gasteiger partial charge in [0.2, 0.25) is 0 Å². The Morgan fingerprint density at radius 2 is 1.59 bits per heavy atom. The molecule has 37 heavy (non-hydrogen) atoms.